The van der Waals surface area contributed by atoms with E-state index in [0.29, 0.717) is 12.0 Å². The molecule has 2 saturated heterocycles. The van der Waals surface area contributed by atoms with Gasteiger partial charge in [0.05, 0.1) is 25.5 Å². The van der Waals surface area contributed by atoms with E-state index in [2.05, 4.69) is 45.9 Å². The molecule has 2 aliphatic heterocycles. The summed E-state index contributed by atoms with van der Waals surface area (Å²) in [6.07, 6.45) is 4.04. The van der Waals surface area contributed by atoms with Crippen molar-refractivity contribution < 1.29 is 9.26 Å². The zero-order valence-electron chi connectivity index (χ0n) is 19.5. The second-order valence-electron chi connectivity index (χ2n) is 8.24. The number of piperazine rings is 1. The third-order valence-electron chi connectivity index (χ3n) is 6.42. The van der Waals surface area contributed by atoms with Gasteiger partial charge in [-0.05, 0) is 12.8 Å². The molecule has 3 rings (SSSR count). The molecule has 0 aromatic carbocycles. The van der Waals surface area contributed by atoms with Gasteiger partial charge in [0.2, 0.25) is 0 Å². The van der Waals surface area contributed by atoms with E-state index in [4.69, 9.17) is 14.3 Å². The molecule has 178 valence electrons. The number of halogens is 1. The number of ether oxygens (including phenoxy) is 1. The van der Waals surface area contributed by atoms with Crippen molar-refractivity contribution in [1.29, 1.82) is 0 Å². The SMILES string of the molecule is CCNC(=NCC(C(CC)CC)N1CCOCC1)N1CCN(Cc2ccon2)CC1.I. The molecule has 8 nitrogen and oxygen atoms in total. The van der Waals surface area contributed by atoms with Gasteiger partial charge < -0.3 is 19.5 Å². The Bertz CT molecular complexity index is 612. The summed E-state index contributed by atoms with van der Waals surface area (Å²) in [4.78, 5) is 12.6. The van der Waals surface area contributed by atoms with E-state index in [1.165, 1.54) is 12.8 Å². The van der Waals surface area contributed by atoms with E-state index in [-0.39, 0.29) is 24.0 Å². The van der Waals surface area contributed by atoms with E-state index in [1.807, 2.05) is 6.07 Å². The van der Waals surface area contributed by atoms with E-state index < -0.39 is 0 Å². The number of nitrogens with zero attached hydrogens (tertiary/aromatic N) is 5. The molecule has 0 radical (unpaired) electrons. The van der Waals surface area contributed by atoms with Gasteiger partial charge in [0.15, 0.2) is 5.96 Å². The highest BCUT2D eigenvalue weighted by Gasteiger charge is 2.27. The molecule has 1 aromatic heterocycles. The molecule has 2 aliphatic rings. The van der Waals surface area contributed by atoms with Crippen LogP contribution in [-0.4, -0.2) is 97.4 Å². The highest BCUT2D eigenvalue weighted by Crippen LogP contribution is 2.20. The number of nitrogens with one attached hydrogen (secondary N) is 1. The van der Waals surface area contributed by atoms with Crippen molar-refractivity contribution in [2.45, 2.75) is 46.2 Å². The first-order chi connectivity index (χ1) is 14.7. The average Bonchev–Trinajstić information content (AvgIpc) is 3.30. The molecule has 9 heteroatoms. The van der Waals surface area contributed by atoms with Gasteiger partial charge in [-0.25, -0.2) is 0 Å². The number of morpholine rings is 1. The van der Waals surface area contributed by atoms with Crippen molar-refractivity contribution in [3.8, 4) is 0 Å². The van der Waals surface area contributed by atoms with Gasteiger partial charge in [-0.1, -0.05) is 31.8 Å². The van der Waals surface area contributed by atoms with Crippen molar-refractivity contribution >= 4 is 29.9 Å². The Morgan fingerprint density at radius 2 is 1.81 bits per heavy atom. The number of aliphatic imine (C=N–C) groups is 1. The lowest BCUT2D eigenvalue weighted by molar-refractivity contribution is 0.00388. The fraction of sp³-hybridized carbons (Fsp3) is 0.818. The average molecular weight is 549 g/mol. The molecule has 0 saturated carbocycles. The smallest absolute Gasteiger partial charge is 0.194 e. The Kier molecular flexibility index (Phi) is 12.1. The van der Waals surface area contributed by atoms with Gasteiger partial charge in [-0.2, -0.15) is 0 Å². The maximum atomic E-state index is 5.59. The largest absolute Gasteiger partial charge is 0.379 e. The third kappa shape index (κ3) is 7.87. The standard InChI is InChI=1S/C22H40N6O2.HI/c1-4-19(5-2)21(27-12-15-29-16-13-27)17-24-22(23-6-3)28-10-8-26(9-11-28)18-20-7-14-30-25-20;/h7,14,19,21H,4-6,8-13,15-18H2,1-3H3,(H,23,24);1H. The fourth-order valence-electron chi connectivity index (χ4n) is 4.58. The topological polar surface area (TPSA) is 69.4 Å². The summed E-state index contributed by atoms with van der Waals surface area (Å²) < 4.78 is 10.6. The first-order valence-corrected chi connectivity index (χ1v) is 11.7. The molecule has 0 amide bonds. The predicted octanol–water partition coefficient (Wildman–Crippen LogP) is 2.51. The summed E-state index contributed by atoms with van der Waals surface area (Å²) in [5, 5.41) is 7.57. The Hall–Kier alpha value is -0.910. The van der Waals surface area contributed by atoms with Crippen LogP contribution in [-0.2, 0) is 11.3 Å². The van der Waals surface area contributed by atoms with Gasteiger partial charge in [0.1, 0.15) is 6.26 Å². The Labute approximate surface area is 204 Å². The van der Waals surface area contributed by atoms with Gasteiger partial charge >= 0.3 is 0 Å². The maximum Gasteiger partial charge on any atom is 0.194 e. The predicted molar refractivity (Wildman–Crippen MR) is 135 cm³/mol. The minimum atomic E-state index is 0. The lowest BCUT2D eigenvalue weighted by Crippen LogP contribution is -2.53. The molecule has 31 heavy (non-hydrogen) atoms. The van der Waals surface area contributed by atoms with Crippen LogP contribution in [0, 0.1) is 5.92 Å². The summed E-state index contributed by atoms with van der Waals surface area (Å²) in [5.74, 6) is 1.73. The summed E-state index contributed by atoms with van der Waals surface area (Å²) >= 11 is 0. The van der Waals surface area contributed by atoms with Crippen LogP contribution in [0.4, 0.5) is 0 Å². The van der Waals surface area contributed by atoms with Crippen LogP contribution < -0.4 is 5.32 Å². The Morgan fingerprint density at radius 1 is 1.10 bits per heavy atom. The Balaban J connectivity index is 0.00000341. The summed E-state index contributed by atoms with van der Waals surface area (Å²) in [7, 11) is 0. The first-order valence-electron chi connectivity index (χ1n) is 11.7. The van der Waals surface area contributed by atoms with Crippen LogP contribution in [0.15, 0.2) is 21.8 Å². The first kappa shape index (κ1) is 26.3. The minimum Gasteiger partial charge on any atom is -0.379 e. The van der Waals surface area contributed by atoms with Gasteiger partial charge in [-0.15, -0.1) is 24.0 Å². The molecule has 0 spiro atoms. The molecule has 1 N–H and O–H groups in total. The fourth-order valence-corrected chi connectivity index (χ4v) is 4.58. The molecule has 1 aromatic rings. The van der Waals surface area contributed by atoms with Crippen LogP contribution in [0.5, 0.6) is 0 Å². The second kappa shape index (κ2) is 14.3. The lowest BCUT2D eigenvalue weighted by Gasteiger charge is -2.39. The lowest BCUT2D eigenvalue weighted by atomic mass is 9.92. The monoisotopic (exact) mass is 548 g/mol. The number of rotatable bonds is 9. The molecular formula is C22H41IN6O2. The summed E-state index contributed by atoms with van der Waals surface area (Å²) in [6.45, 7) is 17.1. The minimum absolute atomic E-state index is 0. The second-order valence-corrected chi connectivity index (χ2v) is 8.24. The number of hydrogen-bond acceptors (Lipinski definition) is 6. The van der Waals surface area contributed by atoms with E-state index >= 15 is 0 Å². The molecular weight excluding hydrogens is 507 g/mol. The van der Waals surface area contributed by atoms with Crippen LogP contribution in [0.25, 0.3) is 0 Å². The zero-order valence-corrected chi connectivity index (χ0v) is 21.8. The van der Waals surface area contributed by atoms with E-state index in [9.17, 15) is 0 Å². The van der Waals surface area contributed by atoms with Crippen molar-refractivity contribution in [2.75, 3.05) is 65.6 Å². The van der Waals surface area contributed by atoms with Crippen molar-refractivity contribution in [3.05, 3.63) is 18.0 Å². The molecule has 2 fully saturated rings. The molecule has 1 unspecified atom stereocenters. The van der Waals surface area contributed by atoms with Gasteiger partial charge in [-0.3, -0.25) is 14.8 Å². The van der Waals surface area contributed by atoms with E-state index in [1.54, 1.807) is 6.26 Å². The van der Waals surface area contributed by atoms with Crippen LogP contribution in [0.1, 0.15) is 39.3 Å². The van der Waals surface area contributed by atoms with Gasteiger partial charge in [0, 0.05) is 64.5 Å². The maximum absolute atomic E-state index is 5.59. The van der Waals surface area contributed by atoms with Crippen molar-refractivity contribution in [1.82, 2.24) is 25.2 Å². The van der Waals surface area contributed by atoms with Crippen LogP contribution >= 0.6 is 24.0 Å². The molecule has 3 heterocycles. The Morgan fingerprint density at radius 3 is 2.39 bits per heavy atom. The normalized spacial score (nSPS) is 20.0. The van der Waals surface area contributed by atoms with E-state index in [0.717, 1.165) is 83.8 Å². The summed E-state index contributed by atoms with van der Waals surface area (Å²) in [5.41, 5.74) is 1.00. The highest BCUT2D eigenvalue weighted by atomic mass is 127. The van der Waals surface area contributed by atoms with Crippen molar-refractivity contribution in [3.63, 3.8) is 0 Å². The molecule has 1 atom stereocenters. The number of aromatic nitrogens is 1. The number of hydrogen-bond donors (Lipinski definition) is 1. The van der Waals surface area contributed by atoms with Crippen LogP contribution in [0.2, 0.25) is 0 Å². The highest BCUT2D eigenvalue weighted by molar-refractivity contribution is 14.0. The molecule has 0 aliphatic carbocycles. The van der Waals surface area contributed by atoms with Crippen LogP contribution in [0.3, 0.4) is 0 Å². The third-order valence-corrected chi connectivity index (χ3v) is 6.42. The van der Waals surface area contributed by atoms with Crippen molar-refractivity contribution in [2.24, 2.45) is 10.9 Å². The van der Waals surface area contributed by atoms with Gasteiger partial charge in [0.25, 0.3) is 0 Å². The summed E-state index contributed by atoms with van der Waals surface area (Å²) in [6, 6.07) is 2.44. The molecule has 0 bridgehead atoms. The number of guanidine groups is 1. The quantitative estimate of drug-likeness (QED) is 0.289. The zero-order chi connectivity index (χ0) is 21.2.